The van der Waals surface area contributed by atoms with Crippen molar-refractivity contribution < 1.29 is 14.6 Å². The Bertz CT molecular complexity index is 459. The predicted molar refractivity (Wildman–Crippen MR) is 75.2 cm³/mol. The molecule has 0 aromatic carbocycles. The lowest BCUT2D eigenvalue weighted by atomic mass is 10.1. The van der Waals surface area contributed by atoms with Crippen LogP contribution in [-0.2, 0) is 4.74 Å². The first kappa shape index (κ1) is 14.3. The number of carboxylic acids is 1. The van der Waals surface area contributed by atoms with Crippen molar-refractivity contribution in [1.29, 1.82) is 0 Å². The van der Waals surface area contributed by atoms with Crippen molar-refractivity contribution in [2.24, 2.45) is 5.92 Å². The zero-order valence-corrected chi connectivity index (χ0v) is 12.4. The highest BCUT2D eigenvalue weighted by molar-refractivity contribution is 7.15. The maximum Gasteiger partial charge on any atom is 0.355 e. The second-order valence-electron chi connectivity index (χ2n) is 5.16. The molecule has 106 valence electrons. The fourth-order valence-corrected chi connectivity index (χ4v) is 3.08. The fraction of sp³-hybridized carbons (Fsp3) is 0.692. The Labute approximate surface area is 117 Å². The van der Waals surface area contributed by atoms with Crippen molar-refractivity contribution in [3.05, 3.63) is 10.6 Å². The van der Waals surface area contributed by atoms with Crippen LogP contribution >= 0.6 is 11.3 Å². The fourth-order valence-electron chi connectivity index (χ4n) is 2.14. The normalized spacial score (nSPS) is 20.6. The van der Waals surface area contributed by atoms with Crippen LogP contribution in [0.1, 0.15) is 35.6 Å². The van der Waals surface area contributed by atoms with Crippen LogP contribution in [0.15, 0.2) is 0 Å². The standard InChI is InChI=1S/C13H20N2O3S/c1-8(2)10-7-15(5-4-6-18-10)13-14-11(12(16)17)9(3)19-13/h8,10H,4-7H2,1-3H3,(H,16,17). The van der Waals surface area contributed by atoms with Gasteiger partial charge in [-0.15, -0.1) is 11.3 Å². The average molecular weight is 284 g/mol. The summed E-state index contributed by atoms with van der Waals surface area (Å²) in [5, 5.41) is 9.87. The number of ether oxygens (including phenoxy) is 1. The third-order valence-corrected chi connectivity index (χ3v) is 4.34. The number of aryl methyl sites for hydroxylation is 1. The summed E-state index contributed by atoms with van der Waals surface area (Å²) in [7, 11) is 0. The lowest BCUT2D eigenvalue weighted by molar-refractivity contribution is 0.0376. The van der Waals surface area contributed by atoms with Crippen molar-refractivity contribution in [1.82, 2.24) is 4.98 Å². The van der Waals surface area contributed by atoms with Crippen molar-refractivity contribution >= 4 is 22.4 Å². The van der Waals surface area contributed by atoms with E-state index in [1.165, 1.54) is 11.3 Å². The second-order valence-corrected chi connectivity index (χ2v) is 6.34. The van der Waals surface area contributed by atoms with Gasteiger partial charge in [0.05, 0.1) is 6.10 Å². The summed E-state index contributed by atoms with van der Waals surface area (Å²) in [5.74, 6) is -0.507. The minimum absolute atomic E-state index is 0.172. The van der Waals surface area contributed by atoms with Crippen LogP contribution in [0.3, 0.4) is 0 Å². The van der Waals surface area contributed by atoms with Crippen LogP contribution < -0.4 is 4.90 Å². The maximum absolute atomic E-state index is 11.1. The number of hydrogen-bond donors (Lipinski definition) is 1. The van der Waals surface area contributed by atoms with E-state index in [0.717, 1.165) is 36.1 Å². The van der Waals surface area contributed by atoms with E-state index in [-0.39, 0.29) is 11.8 Å². The third kappa shape index (κ3) is 3.25. The Hall–Kier alpha value is -1.14. The number of aromatic nitrogens is 1. The molecule has 2 heterocycles. The van der Waals surface area contributed by atoms with Gasteiger partial charge in [-0.3, -0.25) is 0 Å². The molecule has 0 radical (unpaired) electrons. The first-order valence-electron chi connectivity index (χ1n) is 6.56. The van der Waals surface area contributed by atoms with E-state index in [4.69, 9.17) is 9.84 Å². The van der Waals surface area contributed by atoms with E-state index >= 15 is 0 Å². The first-order chi connectivity index (χ1) is 8.99. The Morgan fingerprint density at radius 2 is 2.32 bits per heavy atom. The maximum atomic E-state index is 11.1. The Balaban J connectivity index is 2.19. The molecule has 1 fully saturated rings. The SMILES string of the molecule is Cc1sc(N2CCCOC(C(C)C)C2)nc1C(=O)O. The molecule has 1 unspecified atom stereocenters. The first-order valence-corrected chi connectivity index (χ1v) is 7.38. The van der Waals surface area contributed by atoms with Gasteiger partial charge in [0, 0.05) is 24.6 Å². The van der Waals surface area contributed by atoms with Gasteiger partial charge in [0.2, 0.25) is 0 Å². The van der Waals surface area contributed by atoms with Gasteiger partial charge < -0.3 is 14.7 Å². The highest BCUT2D eigenvalue weighted by atomic mass is 32.1. The van der Waals surface area contributed by atoms with Crippen LogP contribution in [0.2, 0.25) is 0 Å². The molecule has 1 aliphatic heterocycles. The van der Waals surface area contributed by atoms with Crippen molar-refractivity contribution in [3.63, 3.8) is 0 Å². The molecule has 1 aliphatic rings. The molecule has 1 N–H and O–H groups in total. The predicted octanol–water partition coefficient (Wildman–Crippen LogP) is 2.40. The number of thiazole rings is 1. The topological polar surface area (TPSA) is 62.7 Å². The number of carbonyl (C=O) groups is 1. The average Bonchev–Trinajstić information content (AvgIpc) is 2.59. The number of hydrogen-bond acceptors (Lipinski definition) is 5. The molecule has 2 rings (SSSR count). The smallest absolute Gasteiger partial charge is 0.355 e. The molecule has 0 spiro atoms. The molecule has 0 saturated carbocycles. The molecule has 0 bridgehead atoms. The van der Waals surface area contributed by atoms with Gasteiger partial charge in [-0.1, -0.05) is 13.8 Å². The minimum atomic E-state index is -0.952. The van der Waals surface area contributed by atoms with Gasteiger partial charge in [-0.05, 0) is 19.3 Å². The zero-order chi connectivity index (χ0) is 14.0. The highest BCUT2D eigenvalue weighted by Gasteiger charge is 2.25. The summed E-state index contributed by atoms with van der Waals surface area (Å²) in [4.78, 5) is 18.2. The Kier molecular flexibility index (Phi) is 4.42. The van der Waals surface area contributed by atoms with Crippen molar-refractivity contribution in [2.45, 2.75) is 33.3 Å². The number of rotatable bonds is 3. The number of nitrogens with zero attached hydrogens (tertiary/aromatic N) is 2. The molecule has 6 heteroatoms. The minimum Gasteiger partial charge on any atom is -0.476 e. The molecule has 19 heavy (non-hydrogen) atoms. The monoisotopic (exact) mass is 284 g/mol. The molecular weight excluding hydrogens is 264 g/mol. The third-order valence-electron chi connectivity index (χ3n) is 3.31. The van der Waals surface area contributed by atoms with Gasteiger partial charge in [0.25, 0.3) is 0 Å². The summed E-state index contributed by atoms with van der Waals surface area (Å²) in [6.45, 7) is 8.50. The molecule has 1 atom stereocenters. The molecule has 1 saturated heterocycles. The van der Waals surface area contributed by atoms with Crippen LogP contribution in [0, 0.1) is 12.8 Å². The van der Waals surface area contributed by atoms with Crippen LogP contribution in [0.5, 0.6) is 0 Å². The summed E-state index contributed by atoms with van der Waals surface area (Å²) in [6.07, 6.45) is 1.13. The van der Waals surface area contributed by atoms with Gasteiger partial charge in [0.15, 0.2) is 10.8 Å². The van der Waals surface area contributed by atoms with Gasteiger partial charge >= 0.3 is 5.97 Å². The van der Waals surface area contributed by atoms with Gasteiger partial charge in [-0.25, -0.2) is 9.78 Å². The molecular formula is C13H20N2O3S. The quantitative estimate of drug-likeness (QED) is 0.923. The van der Waals surface area contributed by atoms with E-state index in [9.17, 15) is 4.79 Å². The van der Waals surface area contributed by atoms with Crippen LogP contribution in [-0.4, -0.2) is 41.9 Å². The number of anilines is 1. The van der Waals surface area contributed by atoms with Crippen LogP contribution in [0.4, 0.5) is 5.13 Å². The van der Waals surface area contributed by atoms with E-state index in [2.05, 4.69) is 23.7 Å². The summed E-state index contributed by atoms with van der Waals surface area (Å²) < 4.78 is 5.82. The van der Waals surface area contributed by atoms with E-state index < -0.39 is 5.97 Å². The zero-order valence-electron chi connectivity index (χ0n) is 11.5. The van der Waals surface area contributed by atoms with Crippen LogP contribution in [0.25, 0.3) is 0 Å². The largest absolute Gasteiger partial charge is 0.476 e. The number of carboxylic acid groups (broad SMARTS) is 1. The van der Waals surface area contributed by atoms with E-state index in [1.54, 1.807) is 6.92 Å². The van der Waals surface area contributed by atoms with Crippen molar-refractivity contribution in [3.8, 4) is 0 Å². The molecule has 5 nitrogen and oxygen atoms in total. The second kappa shape index (κ2) is 5.88. The van der Waals surface area contributed by atoms with Gasteiger partial charge in [0.1, 0.15) is 0 Å². The summed E-state index contributed by atoms with van der Waals surface area (Å²) >= 11 is 1.45. The van der Waals surface area contributed by atoms with E-state index in [0.29, 0.717) is 5.92 Å². The van der Waals surface area contributed by atoms with Gasteiger partial charge in [-0.2, -0.15) is 0 Å². The molecule has 1 aromatic heterocycles. The lowest BCUT2D eigenvalue weighted by Gasteiger charge is -2.25. The van der Waals surface area contributed by atoms with E-state index in [1.807, 2.05) is 0 Å². The Morgan fingerprint density at radius 1 is 1.58 bits per heavy atom. The highest BCUT2D eigenvalue weighted by Crippen LogP contribution is 2.28. The number of aromatic carboxylic acids is 1. The molecule has 0 aliphatic carbocycles. The molecule has 1 aromatic rings. The van der Waals surface area contributed by atoms with Crippen molar-refractivity contribution in [2.75, 3.05) is 24.6 Å². The summed E-state index contributed by atoms with van der Waals surface area (Å²) in [5.41, 5.74) is 0.172. The summed E-state index contributed by atoms with van der Waals surface area (Å²) in [6, 6.07) is 0. The Morgan fingerprint density at radius 3 is 2.89 bits per heavy atom. The molecule has 0 amide bonds. The lowest BCUT2D eigenvalue weighted by Crippen LogP contribution is -2.34.